The van der Waals surface area contributed by atoms with Crippen LogP contribution >= 0.6 is 11.8 Å². The number of hydrogen-bond acceptors (Lipinski definition) is 4. The highest BCUT2D eigenvalue weighted by atomic mass is 32.2. The molecule has 0 aliphatic carbocycles. The number of nitrogens with zero attached hydrogens (tertiary/aromatic N) is 1. The first-order valence-corrected chi connectivity index (χ1v) is 7.60. The molecule has 1 aromatic rings. The molecule has 0 saturated heterocycles. The molecule has 4 heteroatoms. The topological polar surface area (TPSA) is 38.7 Å². The summed E-state index contributed by atoms with van der Waals surface area (Å²) in [6.07, 6.45) is 1.05. The molecule has 1 aliphatic rings. The van der Waals surface area contributed by atoms with Crippen LogP contribution in [0.4, 0.5) is 0 Å². The van der Waals surface area contributed by atoms with Gasteiger partial charge in [-0.3, -0.25) is 4.99 Å². The van der Waals surface area contributed by atoms with Gasteiger partial charge in [0.2, 0.25) is 0 Å². The van der Waals surface area contributed by atoms with E-state index in [2.05, 4.69) is 18.8 Å². The molecule has 102 valence electrons. The monoisotopic (exact) mass is 277 g/mol. The zero-order chi connectivity index (χ0) is 13.7. The van der Waals surface area contributed by atoms with Gasteiger partial charge in [0, 0.05) is 11.7 Å². The van der Waals surface area contributed by atoms with Crippen molar-refractivity contribution in [1.29, 1.82) is 0 Å². The average Bonchev–Trinajstić information content (AvgIpc) is 2.95. The molecule has 1 heterocycles. The summed E-state index contributed by atoms with van der Waals surface area (Å²) in [6.45, 7) is 4.60. The maximum atomic E-state index is 11.9. The van der Waals surface area contributed by atoms with Crippen molar-refractivity contribution in [3.63, 3.8) is 0 Å². The number of hydrogen-bond donors (Lipinski definition) is 0. The highest BCUT2D eigenvalue weighted by Gasteiger charge is 2.28. The van der Waals surface area contributed by atoms with E-state index in [1.807, 2.05) is 30.3 Å². The molecule has 0 radical (unpaired) electrons. The number of thioether (sulfide) groups is 1. The van der Waals surface area contributed by atoms with Crippen LogP contribution in [0.2, 0.25) is 0 Å². The van der Waals surface area contributed by atoms with Crippen molar-refractivity contribution in [1.82, 2.24) is 0 Å². The van der Waals surface area contributed by atoms with Crippen molar-refractivity contribution in [2.24, 2.45) is 10.9 Å². The van der Waals surface area contributed by atoms with E-state index in [-0.39, 0.29) is 12.0 Å². The molecule has 1 aliphatic heterocycles. The van der Waals surface area contributed by atoms with E-state index >= 15 is 0 Å². The Morgan fingerprint density at radius 2 is 2.21 bits per heavy atom. The Labute approximate surface area is 118 Å². The lowest BCUT2D eigenvalue weighted by Gasteiger charge is -2.07. The van der Waals surface area contributed by atoms with Gasteiger partial charge in [-0.15, -0.1) is 11.8 Å². The fraction of sp³-hybridized carbons (Fsp3) is 0.467. The number of carbonyl (C=O) groups excluding carboxylic acids is 1. The molecule has 3 nitrogen and oxygen atoms in total. The third-order valence-electron chi connectivity index (χ3n) is 3.20. The zero-order valence-electron chi connectivity index (χ0n) is 11.3. The van der Waals surface area contributed by atoms with Crippen molar-refractivity contribution in [3.05, 3.63) is 35.9 Å². The summed E-state index contributed by atoms with van der Waals surface area (Å²) >= 11 is 1.68. The van der Waals surface area contributed by atoms with Gasteiger partial charge in [0.1, 0.15) is 6.61 Å². The normalized spacial score (nSPS) is 19.9. The second-order valence-electron chi connectivity index (χ2n) is 4.70. The van der Waals surface area contributed by atoms with Crippen LogP contribution in [0.15, 0.2) is 35.3 Å². The summed E-state index contributed by atoms with van der Waals surface area (Å²) in [4.78, 5) is 16.4. The first-order valence-electron chi connectivity index (χ1n) is 6.61. The van der Waals surface area contributed by atoms with Gasteiger partial charge in [0.25, 0.3) is 0 Å². The summed E-state index contributed by atoms with van der Waals surface area (Å²) in [7, 11) is 0. The van der Waals surface area contributed by atoms with Gasteiger partial charge in [-0.25, -0.2) is 4.79 Å². The Kier molecular flexibility index (Phi) is 5.02. The standard InChI is InChI=1S/C15H19NO2S/c1-3-11(2)14-16-13(10-19-14)15(17)18-9-12-7-5-4-6-8-12/h4-8,11,13H,3,9-10H2,1-2H3. The molecule has 0 fully saturated rings. The van der Waals surface area contributed by atoms with Gasteiger partial charge in [-0.2, -0.15) is 0 Å². The van der Waals surface area contributed by atoms with Crippen LogP contribution in [-0.2, 0) is 16.1 Å². The maximum absolute atomic E-state index is 11.9. The predicted molar refractivity (Wildman–Crippen MR) is 79.4 cm³/mol. The molecule has 2 atom stereocenters. The highest BCUT2D eigenvalue weighted by molar-refractivity contribution is 8.14. The number of aliphatic imine (C=N–C) groups is 1. The second-order valence-corrected chi connectivity index (χ2v) is 5.74. The van der Waals surface area contributed by atoms with Gasteiger partial charge in [0.15, 0.2) is 6.04 Å². The minimum absolute atomic E-state index is 0.213. The molecular weight excluding hydrogens is 258 g/mol. The largest absolute Gasteiger partial charge is 0.459 e. The Hall–Kier alpha value is -1.29. The van der Waals surface area contributed by atoms with E-state index in [1.54, 1.807) is 11.8 Å². The molecule has 2 unspecified atom stereocenters. The molecule has 0 saturated carbocycles. The van der Waals surface area contributed by atoms with Crippen molar-refractivity contribution in [2.75, 3.05) is 5.75 Å². The zero-order valence-corrected chi connectivity index (χ0v) is 12.2. The molecule has 0 bridgehead atoms. The quantitative estimate of drug-likeness (QED) is 0.775. The summed E-state index contributed by atoms with van der Waals surface area (Å²) in [5.74, 6) is 0.944. The smallest absolute Gasteiger partial charge is 0.332 e. The molecule has 1 aromatic carbocycles. The van der Waals surface area contributed by atoms with Gasteiger partial charge in [-0.05, 0) is 12.0 Å². The van der Waals surface area contributed by atoms with Crippen LogP contribution in [0.3, 0.4) is 0 Å². The lowest BCUT2D eigenvalue weighted by molar-refractivity contribution is -0.145. The highest BCUT2D eigenvalue weighted by Crippen LogP contribution is 2.25. The minimum Gasteiger partial charge on any atom is -0.459 e. The van der Waals surface area contributed by atoms with Crippen molar-refractivity contribution < 1.29 is 9.53 Å². The molecule has 0 N–H and O–H groups in total. The summed E-state index contributed by atoms with van der Waals surface area (Å²) < 4.78 is 5.31. The lowest BCUT2D eigenvalue weighted by atomic mass is 10.1. The van der Waals surface area contributed by atoms with Gasteiger partial charge >= 0.3 is 5.97 Å². The van der Waals surface area contributed by atoms with Crippen LogP contribution < -0.4 is 0 Å². The van der Waals surface area contributed by atoms with Crippen LogP contribution in [0.25, 0.3) is 0 Å². The lowest BCUT2D eigenvalue weighted by Crippen LogP contribution is -2.21. The fourth-order valence-corrected chi connectivity index (χ4v) is 2.97. The van der Waals surface area contributed by atoms with Crippen molar-refractivity contribution >= 4 is 22.8 Å². The van der Waals surface area contributed by atoms with E-state index in [1.165, 1.54) is 0 Å². The number of esters is 1. The number of ether oxygens (including phenoxy) is 1. The first kappa shape index (κ1) is 14.1. The predicted octanol–water partition coefficient (Wildman–Crippen LogP) is 3.29. The molecule has 0 amide bonds. The first-order chi connectivity index (χ1) is 9.20. The van der Waals surface area contributed by atoms with E-state index < -0.39 is 0 Å². The molecule has 0 aromatic heterocycles. The van der Waals surface area contributed by atoms with E-state index in [0.29, 0.717) is 18.3 Å². The SMILES string of the molecule is CCC(C)C1=NC(C(=O)OCc2ccccc2)CS1. The summed E-state index contributed by atoms with van der Waals surface area (Å²) in [5, 5.41) is 1.09. The Morgan fingerprint density at radius 1 is 1.47 bits per heavy atom. The summed E-state index contributed by atoms with van der Waals surface area (Å²) in [5.41, 5.74) is 1.01. The number of carbonyl (C=O) groups is 1. The molecule has 19 heavy (non-hydrogen) atoms. The maximum Gasteiger partial charge on any atom is 0.332 e. The van der Waals surface area contributed by atoms with Crippen molar-refractivity contribution in [2.45, 2.75) is 32.9 Å². The van der Waals surface area contributed by atoms with Gasteiger partial charge in [-0.1, -0.05) is 44.2 Å². The Morgan fingerprint density at radius 3 is 2.89 bits per heavy atom. The second kappa shape index (κ2) is 6.75. The van der Waals surface area contributed by atoms with Crippen LogP contribution in [0.5, 0.6) is 0 Å². The summed E-state index contributed by atoms with van der Waals surface area (Å²) in [6, 6.07) is 9.40. The third-order valence-corrected chi connectivity index (χ3v) is 4.49. The Balaban J connectivity index is 1.86. The van der Waals surface area contributed by atoms with Crippen LogP contribution in [-0.4, -0.2) is 22.8 Å². The molecule has 2 rings (SSSR count). The molecule has 0 spiro atoms. The average molecular weight is 277 g/mol. The van der Waals surface area contributed by atoms with E-state index in [9.17, 15) is 4.79 Å². The van der Waals surface area contributed by atoms with Crippen molar-refractivity contribution in [3.8, 4) is 0 Å². The Bertz CT molecular complexity index is 458. The van der Waals surface area contributed by atoms with E-state index in [4.69, 9.17) is 4.74 Å². The third kappa shape index (κ3) is 3.83. The number of benzene rings is 1. The van der Waals surface area contributed by atoms with Gasteiger partial charge < -0.3 is 4.74 Å². The van der Waals surface area contributed by atoms with Crippen LogP contribution in [0, 0.1) is 5.92 Å². The van der Waals surface area contributed by atoms with Gasteiger partial charge in [0.05, 0.1) is 5.04 Å². The number of rotatable bonds is 5. The molecular formula is C15H19NO2S. The van der Waals surface area contributed by atoms with Crippen LogP contribution in [0.1, 0.15) is 25.8 Å². The van der Waals surface area contributed by atoms with E-state index in [0.717, 1.165) is 17.0 Å². The fourth-order valence-electron chi connectivity index (χ4n) is 1.78. The minimum atomic E-state index is -0.322.